The molecule has 4 heterocycles. The maximum absolute atomic E-state index is 16.5. The smallest absolute Gasteiger partial charge is 0.340 e. The molecule has 4 fully saturated rings. The summed E-state index contributed by atoms with van der Waals surface area (Å²) in [6.45, 7) is 9.80. The van der Waals surface area contributed by atoms with Gasteiger partial charge in [-0.2, -0.15) is 14.0 Å². The number of benzene rings is 2. The number of carbonyl (C=O) groups excluding carboxylic acids is 5. The summed E-state index contributed by atoms with van der Waals surface area (Å²) in [5.74, 6) is -1.63. The van der Waals surface area contributed by atoms with Gasteiger partial charge in [0.25, 0.3) is 5.91 Å². The van der Waals surface area contributed by atoms with Gasteiger partial charge in [-0.15, -0.1) is 11.3 Å². The number of nitrogens with zero attached hydrogens (tertiary/aromatic N) is 3. The number of thiophene rings is 1. The number of alkyl halides is 2. The van der Waals surface area contributed by atoms with Crippen molar-refractivity contribution in [3.63, 3.8) is 0 Å². The number of likely N-dealkylation sites (tertiary alicyclic amines) is 1. The number of hydrogen-bond acceptors (Lipinski definition) is 12. The minimum atomic E-state index is -5.27. The van der Waals surface area contributed by atoms with E-state index in [0.717, 1.165) is 65.4 Å². The molecule has 3 aromatic rings. The number of nitrogens with one attached hydrogen (secondary N) is 1. The van der Waals surface area contributed by atoms with Crippen LogP contribution in [0.25, 0.3) is 10.1 Å². The number of rotatable bonds is 14. The first-order valence-electron chi connectivity index (χ1n) is 22.2. The zero-order chi connectivity index (χ0) is 47.1. The van der Waals surface area contributed by atoms with Crippen LogP contribution in [0.1, 0.15) is 113 Å². The van der Waals surface area contributed by atoms with Gasteiger partial charge < -0.3 is 24.2 Å². The molecule has 0 radical (unpaired) electrons. The van der Waals surface area contributed by atoms with Crippen molar-refractivity contribution in [1.82, 2.24) is 15.1 Å². The van der Waals surface area contributed by atoms with E-state index in [1.807, 2.05) is 35.2 Å². The number of fused-ring (bicyclic) bond motifs is 2. The molecular weight excluding hydrogens is 914 g/mol. The average molecular weight is 971 g/mol. The molecule has 18 heteroatoms. The van der Waals surface area contributed by atoms with Crippen molar-refractivity contribution in [1.29, 1.82) is 5.26 Å². The molecule has 2 aromatic carbocycles. The van der Waals surface area contributed by atoms with Crippen molar-refractivity contribution in [2.75, 3.05) is 31.3 Å². The number of hydrogen-bond donors (Lipinski definition) is 1. The van der Waals surface area contributed by atoms with Crippen molar-refractivity contribution in [3.8, 4) is 6.07 Å². The molecule has 5 atom stereocenters. The van der Waals surface area contributed by atoms with E-state index in [-0.39, 0.29) is 61.7 Å². The van der Waals surface area contributed by atoms with Gasteiger partial charge in [0.1, 0.15) is 12.1 Å². The van der Waals surface area contributed by atoms with Gasteiger partial charge in [0.15, 0.2) is 10.2 Å². The zero-order valence-electron chi connectivity index (χ0n) is 37.6. The van der Waals surface area contributed by atoms with E-state index >= 15 is 8.78 Å². The molecule has 3 aliphatic heterocycles. The number of carbonyl (C=O) groups is 5. The lowest BCUT2D eigenvalue weighted by atomic mass is 9.85. The van der Waals surface area contributed by atoms with E-state index < -0.39 is 66.4 Å². The Morgan fingerprint density at radius 3 is 2.12 bits per heavy atom. The molecule has 3 amide bonds. The molecule has 0 unspecified atom stereocenters. The van der Waals surface area contributed by atoms with E-state index in [1.165, 1.54) is 12.1 Å². The highest BCUT2D eigenvalue weighted by molar-refractivity contribution is 8.14. The monoisotopic (exact) mass is 970 g/mol. The molecule has 0 bridgehead atoms. The molecular formula is C47H57F2N4O8PS3. The second-order valence-corrected chi connectivity index (χ2v) is 24.8. The number of amides is 3. The summed E-state index contributed by atoms with van der Waals surface area (Å²) in [6, 6.07) is 15.6. The summed E-state index contributed by atoms with van der Waals surface area (Å²) in [7, 11) is -5.27. The fourth-order valence-corrected chi connectivity index (χ4v) is 13.4. The SMILES string of the molecule is CC(C)(C)C(=O)SCCOP(=O)(OCCSC(=O)C(C)(C)C)C(F)(F)c1ccc2sc(C(=O)N[C@H]3CCC[C@H]4CC[C@@H](C(=O)N5C[C@@H](c6ccccc6)[C@H](C#N)C56CC6)N4C3=O)cc2c1. The van der Waals surface area contributed by atoms with E-state index in [0.29, 0.717) is 43.3 Å². The van der Waals surface area contributed by atoms with Crippen LogP contribution in [0.3, 0.4) is 0 Å². The van der Waals surface area contributed by atoms with Gasteiger partial charge in [-0.25, -0.2) is 0 Å². The van der Waals surface area contributed by atoms with Gasteiger partial charge in [0.05, 0.1) is 35.6 Å². The molecule has 7 rings (SSSR count). The van der Waals surface area contributed by atoms with Crippen molar-refractivity contribution in [2.45, 2.75) is 122 Å². The highest BCUT2D eigenvalue weighted by Gasteiger charge is 2.64. The molecule has 4 aliphatic rings. The molecule has 1 N–H and O–H groups in total. The zero-order valence-corrected chi connectivity index (χ0v) is 40.9. The van der Waals surface area contributed by atoms with Crippen molar-refractivity contribution < 1.29 is 46.4 Å². The minimum absolute atomic E-state index is 0.0468. The second-order valence-electron chi connectivity index (χ2n) is 19.5. The molecule has 350 valence electrons. The Balaban J connectivity index is 1.05. The summed E-state index contributed by atoms with van der Waals surface area (Å²) in [6.07, 6.45) is 4.31. The number of halogens is 2. The highest BCUT2D eigenvalue weighted by Crippen LogP contribution is 2.67. The summed E-state index contributed by atoms with van der Waals surface area (Å²) < 4.78 is 58.3. The fourth-order valence-electron chi connectivity index (χ4n) is 9.12. The average Bonchev–Trinajstić information content (AvgIpc) is 3.63. The molecule has 3 saturated heterocycles. The van der Waals surface area contributed by atoms with E-state index in [1.54, 1.807) is 46.4 Å². The Hall–Kier alpha value is -3.65. The van der Waals surface area contributed by atoms with Gasteiger partial charge in [-0.3, -0.25) is 28.5 Å². The molecule has 1 aliphatic carbocycles. The lowest BCUT2D eigenvalue weighted by Gasteiger charge is -2.35. The van der Waals surface area contributed by atoms with Gasteiger partial charge in [0, 0.05) is 51.1 Å². The molecule has 65 heavy (non-hydrogen) atoms. The third kappa shape index (κ3) is 10.1. The van der Waals surface area contributed by atoms with Crippen molar-refractivity contribution >= 4 is 80.5 Å². The van der Waals surface area contributed by atoms with Gasteiger partial charge in [0.2, 0.25) is 11.8 Å². The maximum atomic E-state index is 16.5. The molecule has 1 aromatic heterocycles. The predicted molar refractivity (Wildman–Crippen MR) is 250 cm³/mol. The first-order chi connectivity index (χ1) is 30.6. The third-order valence-corrected chi connectivity index (χ3v) is 18.4. The van der Waals surface area contributed by atoms with E-state index in [2.05, 4.69) is 11.4 Å². The van der Waals surface area contributed by atoms with Crippen LogP contribution in [0.2, 0.25) is 0 Å². The van der Waals surface area contributed by atoms with Gasteiger partial charge in [-0.05, 0) is 74.1 Å². The predicted octanol–water partition coefficient (Wildman–Crippen LogP) is 9.73. The Kier molecular flexibility index (Phi) is 14.5. The van der Waals surface area contributed by atoms with Crippen LogP contribution in [0, 0.1) is 28.1 Å². The largest absolute Gasteiger partial charge is 0.404 e. The Morgan fingerprint density at radius 2 is 1.54 bits per heavy atom. The number of nitriles is 1. The Labute approximate surface area is 391 Å². The molecule has 1 saturated carbocycles. The van der Waals surface area contributed by atoms with Crippen LogP contribution in [0.5, 0.6) is 0 Å². The highest BCUT2D eigenvalue weighted by atomic mass is 32.2. The van der Waals surface area contributed by atoms with Crippen molar-refractivity contribution in [3.05, 3.63) is 70.6 Å². The van der Waals surface area contributed by atoms with Crippen LogP contribution in [-0.4, -0.2) is 92.7 Å². The lowest BCUT2D eigenvalue weighted by molar-refractivity contribution is -0.147. The number of thioether (sulfide) groups is 2. The second kappa shape index (κ2) is 19.2. The van der Waals surface area contributed by atoms with E-state index in [9.17, 15) is 33.8 Å². The maximum Gasteiger partial charge on any atom is 0.404 e. The fraction of sp³-hybridized carbons (Fsp3) is 0.574. The van der Waals surface area contributed by atoms with Crippen LogP contribution in [0.4, 0.5) is 8.78 Å². The quantitative estimate of drug-likeness (QED) is 0.121. The van der Waals surface area contributed by atoms with Crippen LogP contribution in [0.15, 0.2) is 54.6 Å². The van der Waals surface area contributed by atoms with Crippen molar-refractivity contribution in [2.24, 2.45) is 16.7 Å². The first kappa shape index (κ1) is 49.3. The Bertz CT molecular complexity index is 2370. The summed E-state index contributed by atoms with van der Waals surface area (Å²) in [5.41, 5.74) is -5.74. The lowest BCUT2D eigenvalue weighted by Crippen LogP contribution is -2.56. The topological polar surface area (TPSA) is 163 Å². The normalized spacial score (nSPS) is 23.3. The van der Waals surface area contributed by atoms with Gasteiger partial charge in [-0.1, -0.05) is 101 Å². The van der Waals surface area contributed by atoms with Crippen LogP contribution in [-0.2, 0) is 38.5 Å². The molecule has 1 spiro atoms. The van der Waals surface area contributed by atoms with Gasteiger partial charge >= 0.3 is 13.3 Å². The third-order valence-electron chi connectivity index (χ3n) is 12.8. The Morgan fingerprint density at radius 1 is 0.908 bits per heavy atom. The minimum Gasteiger partial charge on any atom is -0.340 e. The summed E-state index contributed by atoms with van der Waals surface area (Å²) in [4.78, 5) is 71.4. The van der Waals surface area contributed by atoms with Crippen LogP contribution < -0.4 is 5.32 Å². The standard InChI is InChI=1S/C47H57F2N4O8PS3/c1-44(2,3)42(57)63-23-21-60-62(59,61-22-24-64-43(58)45(4,5)6)47(48,49)31-15-18-37-30(25-31)26-38(65-37)39(54)51-35-14-10-13-32-16-17-36(53(32)40(35)55)41(56)52-28-33(29-11-8-7-9-12-29)34(27-50)46(52)19-20-46/h7-9,11-12,15,18,25-26,32-36H,10,13-14,16-17,19-24,28H2,1-6H3,(H,51,54)/t32-,33-,34-,35-,36-/m0/s1. The van der Waals surface area contributed by atoms with E-state index in [4.69, 9.17) is 9.05 Å². The molecule has 12 nitrogen and oxygen atoms in total. The summed E-state index contributed by atoms with van der Waals surface area (Å²) in [5, 5.41) is 13.1. The first-order valence-corrected chi connectivity index (χ1v) is 26.5. The summed E-state index contributed by atoms with van der Waals surface area (Å²) >= 11 is 2.81. The van der Waals surface area contributed by atoms with Crippen LogP contribution >= 0.6 is 42.5 Å².